The monoisotopic (exact) mass is 400 g/mol. The van der Waals surface area contributed by atoms with Crippen LogP contribution in [0.2, 0.25) is 0 Å². The highest BCUT2D eigenvalue weighted by Gasteiger charge is 2.35. The number of carbonyl (C=O) groups is 1. The normalized spacial score (nSPS) is 16.6. The standard InChI is InChI=1S/C18H16F4N2O2S/c1-17(26,10-27-14-6-3-12(19)4-7-14)16(25)24-13-5-2-11(9-23)15(8-13)18(20,21)22/h2-3,5-6,8,26H,4,7,10H2,1H3,(H,24,25). The number of nitrogens with zero attached hydrogens (tertiary/aromatic N) is 1. The SMILES string of the molecule is CC(O)(CSC1=CC=C(F)CC1)C(=O)Nc1ccc(C#N)c(C(F)(F)F)c1. The lowest BCUT2D eigenvalue weighted by Crippen LogP contribution is -2.42. The van der Waals surface area contributed by atoms with Crippen LogP contribution in [0.3, 0.4) is 0 Å². The second-order valence-corrected chi connectivity index (χ2v) is 7.23. The van der Waals surface area contributed by atoms with Gasteiger partial charge in [-0.25, -0.2) is 4.39 Å². The van der Waals surface area contributed by atoms with E-state index in [1.807, 2.05) is 0 Å². The third-order valence-corrected chi connectivity index (χ3v) is 5.21. The van der Waals surface area contributed by atoms with E-state index in [1.54, 1.807) is 6.08 Å². The molecule has 1 aromatic rings. The zero-order valence-corrected chi connectivity index (χ0v) is 15.0. The third-order valence-electron chi connectivity index (χ3n) is 3.79. The van der Waals surface area contributed by atoms with Crippen molar-refractivity contribution < 1.29 is 27.5 Å². The number of carbonyl (C=O) groups excluding carboxylic acids is 1. The molecule has 0 heterocycles. The van der Waals surface area contributed by atoms with Crippen molar-refractivity contribution in [1.82, 2.24) is 0 Å². The number of hydrogen-bond acceptors (Lipinski definition) is 4. The minimum absolute atomic E-state index is 0.0530. The van der Waals surface area contributed by atoms with Crippen molar-refractivity contribution in [2.45, 2.75) is 31.5 Å². The maximum Gasteiger partial charge on any atom is 0.417 e. The molecule has 1 aliphatic carbocycles. The molecule has 0 saturated carbocycles. The molecule has 9 heteroatoms. The van der Waals surface area contributed by atoms with Crippen LogP contribution in [0.1, 0.15) is 30.9 Å². The Morgan fingerprint density at radius 3 is 2.59 bits per heavy atom. The van der Waals surface area contributed by atoms with Crippen LogP contribution in [-0.4, -0.2) is 22.4 Å². The van der Waals surface area contributed by atoms with Crippen LogP contribution in [0.25, 0.3) is 0 Å². The summed E-state index contributed by atoms with van der Waals surface area (Å²) >= 11 is 1.17. The van der Waals surface area contributed by atoms with Gasteiger partial charge in [0.1, 0.15) is 11.4 Å². The van der Waals surface area contributed by atoms with Crippen molar-refractivity contribution in [3.8, 4) is 6.07 Å². The van der Waals surface area contributed by atoms with E-state index in [9.17, 15) is 27.5 Å². The van der Waals surface area contributed by atoms with E-state index in [4.69, 9.17) is 5.26 Å². The predicted octanol–water partition coefficient (Wildman–Crippen LogP) is 4.53. The first kappa shape index (κ1) is 21.0. The lowest BCUT2D eigenvalue weighted by Gasteiger charge is -2.23. The van der Waals surface area contributed by atoms with Gasteiger partial charge in [0, 0.05) is 17.9 Å². The molecule has 0 aromatic heterocycles. The van der Waals surface area contributed by atoms with Gasteiger partial charge in [0.15, 0.2) is 0 Å². The van der Waals surface area contributed by atoms with Crippen LogP contribution in [0, 0.1) is 11.3 Å². The number of amides is 1. The second kappa shape index (κ2) is 8.15. The van der Waals surface area contributed by atoms with Crippen LogP contribution in [-0.2, 0) is 11.0 Å². The minimum atomic E-state index is -4.75. The van der Waals surface area contributed by atoms with Crippen molar-refractivity contribution in [2.24, 2.45) is 0 Å². The molecule has 1 atom stereocenters. The number of anilines is 1. The topological polar surface area (TPSA) is 73.1 Å². The Hall–Kier alpha value is -2.31. The summed E-state index contributed by atoms with van der Waals surface area (Å²) in [7, 11) is 0. The maximum absolute atomic E-state index is 13.0. The van der Waals surface area contributed by atoms with Crippen molar-refractivity contribution >= 4 is 23.4 Å². The molecule has 0 saturated heterocycles. The van der Waals surface area contributed by atoms with Crippen LogP contribution >= 0.6 is 11.8 Å². The van der Waals surface area contributed by atoms with E-state index >= 15 is 0 Å². The predicted molar refractivity (Wildman–Crippen MR) is 94.4 cm³/mol. The summed E-state index contributed by atoms with van der Waals surface area (Å²) in [6, 6.07) is 4.21. The average molecular weight is 400 g/mol. The lowest BCUT2D eigenvalue weighted by atomic mass is 10.1. The number of nitriles is 1. The van der Waals surface area contributed by atoms with Gasteiger partial charge in [-0.05, 0) is 42.5 Å². The summed E-state index contributed by atoms with van der Waals surface area (Å²) in [5, 5.41) is 21.4. The molecule has 0 aliphatic heterocycles. The molecule has 1 amide bonds. The van der Waals surface area contributed by atoms with E-state index in [0.29, 0.717) is 12.5 Å². The van der Waals surface area contributed by atoms with Gasteiger partial charge in [0.25, 0.3) is 5.91 Å². The fourth-order valence-electron chi connectivity index (χ4n) is 2.23. The molecule has 2 rings (SSSR count). The van der Waals surface area contributed by atoms with Crippen LogP contribution < -0.4 is 5.32 Å². The van der Waals surface area contributed by atoms with Crippen LogP contribution in [0.15, 0.2) is 41.1 Å². The molecule has 0 bridgehead atoms. The van der Waals surface area contributed by atoms with Gasteiger partial charge < -0.3 is 10.4 Å². The van der Waals surface area contributed by atoms with Crippen molar-refractivity contribution in [3.63, 3.8) is 0 Å². The summed E-state index contributed by atoms with van der Waals surface area (Å²) in [6.45, 7) is 1.24. The zero-order valence-electron chi connectivity index (χ0n) is 14.2. The molecule has 0 spiro atoms. The summed E-state index contributed by atoms with van der Waals surface area (Å²) in [4.78, 5) is 13.1. The maximum atomic E-state index is 13.0. The van der Waals surface area contributed by atoms with Crippen LogP contribution in [0.5, 0.6) is 0 Å². The Balaban J connectivity index is 2.08. The number of benzene rings is 1. The number of nitrogens with one attached hydrogen (secondary N) is 1. The smallest absolute Gasteiger partial charge is 0.379 e. The van der Waals surface area contributed by atoms with Gasteiger partial charge >= 0.3 is 6.18 Å². The summed E-state index contributed by atoms with van der Waals surface area (Å²) in [5.41, 5.74) is -3.78. The number of thioether (sulfide) groups is 1. The molecule has 0 radical (unpaired) electrons. The molecule has 1 unspecified atom stereocenters. The number of rotatable bonds is 5. The lowest BCUT2D eigenvalue weighted by molar-refractivity contribution is -0.137. The Labute approximate surface area is 157 Å². The van der Waals surface area contributed by atoms with E-state index in [2.05, 4.69) is 5.32 Å². The number of aliphatic hydroxyl groups is 1. The Morgan fingerprint density at radius 1 is 1.33 bits per heavy atom. The van der Waals surface area contributed by atoms with E-state index < -0.39 is 28.8 Å². The molecule has 1 aromatic carbocycles. The fraction of sp³-hybridized carbons (Fsp3) is 0.333. The van der Waals surface area contributed by atoms with Gasteiger partial charge in [0.05, 0.1) is 17.2 Å². The molecule has 2 N–H and O–H groups in total. The first-order valence-corrected chi connectivity index (χ1v) is 8.85. The fourth-order valence-corrected chi connectivity index (χ4v) is 3.24. The minimum Gasteiger partial charge on any atom is -0.379 e. The number of halogens is 4. The largest absolute Gasteiger partial charge is 0.417 e. The quantitative estimate of drug-likeness (QED) is 0.713. The van der Waals surface area contributed by atoms with Gasteiger partial charge in [-0.15, -0.1) is 11.8 Å². The van der Waals surface area contributed by atoms with Crippen molar-refractivity contribution in [3.05, 3.63) is 52.2 Å². The molecule has 27 heavy (non-hydrogen) atoms. The molecule has 144 valence electrons. The molecular weight excluding hydrogens is 384 g/mol. The highest BCUT2D eigenvalue weighted by Crippen LogP contribution is 2.34. The molecule has 4 nitrogen and oxygen atoms in total. The Morgan fingerprint density at radius 2 is 2.04 bits per heavy atom. The molecular formula is C18H16F4N2O2S. The first-order chi connectivity index (χ1) is 12.5. The Kier molecular flexibility index (Phi) is 6.34. The number of allylic oxidation sites excluding steroid dienone is 4. The second-order valence-electron chi connectivity index (χ2n) is 6.13. The highest BCUT2D eigenvalue weighted by molar-refractivity contribution is 8.03. The summed E-state index contributed by atoms with van der Waals surface area (Å²) < 4.78 is 51.9. The van der Waals surface area contributed by atoms with E-state index in [-0.39, 0.29) is 23.7 Å². The van der Waals surface area contributed by atoms with E-state index in [0.717, 1.165) is 17.0 Å². The highest BCUT2D eigenvalue weighted by atomic mass is 32.2. The van der Waals surface area contributed by atoms with E-state index in [1.165, 1.54) is 30.8 Å². The molecule has 1 aliphatic rings. The third kappa shape index (κ3) is 5.58. The average Bonchev–Trinajstić information content (AvgIpc) is 2.60. The number of hydrogen-bond donors (Lipinski definition) is 2. The summed E-state index contributed by atoms with van der Waals surface area (Å²) in [6.07, 6.45) is -1.17. The molecule has 0 fully saturated rings. The van der Waals surface area contributed by atoms with Gasteiger partial charge in [-0.1, -0.05) is 6.08 Å². The summed E-state index contributed by atoms with van der Waals surface area (Å²) in [5.74, 6) is -1.18. The van der Waals surface area contributed by atoms with Crippen molar-refractivity contribution in [2.75, 3.05) is 11.1 Å². The zero-order chi connectivity index (χ0) is 20.2. The van der Waals surface area contributed by atoms with Gasteiger partial charge in [0.2, 0.25) is 0 Å². The van der Waals surface area contributed by atoms with Crippen molar-refractivity contribution in [1.29, 1.82) is 5.26 Å². The Bertz CT molecular complexity index is 839. The number of alkyl halides is 3. The van der Waals surface area contributed by atoms with Gasteiger partial charge in [-0.2, -0.15) is 18.4 Å². The van der Waals surface area contributed by atoms with Crippen LogP contribution in [0.4, 0.5) is 23.2 Å². The van der Waals surface area contributed by atoms with Gasteiger partial charge in [-0.3, -0.25) is 4.79 Å². The first-order valence-electron chi connectivity index (χ1n) is 7.86.